The summed E-state index contributed by atoms with van der Waals surface area (Å²) >= 11 is 6.00. The van der Waals surface area contributed by atoms with Crippen molar-refractivity contribution in [3.8, 4) is 0 Å². The van der Waals surface area contributed by atoms with E-state index in [0.29, 0.717) is 17.9 Å². The molecule has 1 aliphatic rings. The van der Waals surface area contributed by atoms with Crippen LogP contribution in [0.4, 0.5) is 4.79 Å². The molecule has 1 saturated heterocycles. The van der Waals surface area contributed by atoms with Crippen LogP contribution in [0.15, 0.2) is 24.3 Å². The fourth-order valence-electron chi connectivity index (χ4n) is 2.66. The number of carboxylic acids is 1. The van der Waals surface area contributed by atoms with Crippen molar-refractivity contribution in [3.05, 3.63) is 34.9 Å². The van der Waals surface area contributed by atoms with Crippen LogP contribution < -0.4 is 0 Å². The topological polar surface area (TPSA) is 66.8 Å². The lowest BCUT2D eigenvalue weighted by Crippen LogP contribution is -2.44. The Morgan fingerprint density at radius 3 is 2.55 bits per heavy atom. The maximum Gasteiger partial charge on any atom is 0.411 e. The van der Waals surface area contributed by atoms with Gasteiger partial charge in [0.25, 0.3) is 0 Å². The fourth-order valence-corrected chi connectivity index (χ4v) is 2.86. The van der Waals surface area contributed by atoms with Crippen molar-refractivity contribution in [2.24, 2.45) is 0 Å². The second-order valence-corrected chi connectivity index (χ2v) is 6.83. The van der Waals surface area contributed by atoms with Gasteiger partial charge in [-0.3, -0.25) is 4.90 Å². The molecule has 22 heavy (non-hydrogen) atoms. The normalized spacial score (nSPS) is 21.7. The first-order chi connectivity index (χ1) is 10.2. The molecule has 1 N–H and O–H groups in total. The Hall–Kier alpha value is -1.75. The molecule has 0 bridgehead atoms. The fraction of sp³-hybridized carbons (Fsp3) is 0.500. The molecule has 2 atom stereocenters. The lowest BCUT2D eigenvalue weighted by atomic mass is 10.0. The summed E-state index contributed by atoms with van der Waals surface area (Å²) in [6.45, 7) is 5.27. The Bertz CT molecular complexity index is 582. The second-order valence-electron chi connectivity index (χ2n) is 6.39. The Labute approximate surface area is 134 Å². The molecule has 2 rings (SSSR count). The molecule has 1 amide bonds. The zero-order valence-corrected chi connectivity index (χ0v) is 13.6. The Kier molecular flexibility index (Phi) is 4.66. The highest BCUT2D eigenvalue weighted by molar-refractivity contribution is 6.30. The van der Waals surface area contributed by atoms with Crippen LogP contribution in [0.1, 0.15) is 45.2 Å². The first-order valence-corrected chi connectivity index (χ1v) is 7.56. The summed E-state index contributed by atoms with van der Waals surface area (Å²) in [6.07, 6.45) is 0.352. The molecular weight excluding hydrogens is 306 g/mol. The number of hydrogen-bond donors (Lipinski definition) is 1. The van der Waals surface area contributed by atoms with Gasteiger partial charge in [-0.05, 0) is 51.3 Å². The van der Waals surface area contributed by atoms with Gasteiger partial charge in [-0.2, -0.15) is 0 Å². The molecule has 1 aromatic rings. The van der Waals surface area contributed by atoms with Crippen molar-refractivity contribution in [1.29, 1.82) is 0 Å². The molecular formula is C16H20ClNO4. The van der Waals surface area contributed by atoms with Crippen LogP contribution in [0.2, 0.25) is 5.02 Å². The van der Waals surface area contributed by atoms with Crippen LogP contribution in [0, 0.1) is 0 Å². The Balaban J connectivity index is 2.32. The van der Waals surface area contributed by atoms with Crippen molar-refractivity contribution < 1.29 is 19.4 Å². The van der Waals surface area contributed by atoms with Gasteiger partial charge in [-0.25, -0.2) is 9.59 Å². The van der Waals surface area contributed by atoms with E-state index in [0.717, 1.165) is 5.56 Å². The van der Waals surface area contributed by atoms with Gasteiger partial charge in [0.05, 0.1) is 6.04 Å². The summed E-state index contributed by atoms with van der Waals surface area (Å²) in [4.78, 5) is 25.2. The van der Waals surface area contributed by atoms with Crippen LogP contribution >= 0.6 is 11.6 Å². The van der Waals surface area contributed by atoms with E-state index in [9.17, 15) is 14.7 Å². The van der Waals surface area contributed by atoms with Crippen LogP contribution in [0.3, 0.4) is 0 Å². The van der Waals surface area contributed by atoms with Crippen molar-refractivity contribution in [1.82, 2.24) is 4.90 Å². The lowest BCUT2D eigenvalue weighted by molar-refractivity contribution is -0.142. The Morgan fingerprint density at radius 1 is 1.32 bits per heavy atom. The van der Waals surface area contributed by atoms with Crippen LogP contribution in [0.25, 0.3) is 0 Å². The van der Waals surface area contributed by atoms with Crippen LogP contribution in [0.5, 0.6) is 0 Å². The summed E-state index contributed by atoms with van der Waals surface area (Å²) in [5, 5.41) is 9.93. The number of halogens is 1. The summed E-state index contributed by atoms with van der Waals surface area (Å²) in [6, 6.07) is 5.92. The lowest BCUT2D eigenvalue weighted by Gasteiger charge is -2.31. The molecule has 0 aromatic heterocycles. The van der Waals surface area contributed by atoms with Gasteiger partial charge in [-0.1, -0.05) is 23.7 Å². The number of carbonyl (C=O) groups is 2. The predicted molar refractivity (Wildman–Crippen MR) is 82.9 cm³/mol. The highest BCUT2D eigenvalue weighted by Crippen LogP contribution is 2.38. The molecule has 0 unspecified atom stereocenters. The molecule has 1 aromatic carbocycles. The third kappa shape index (κ3) is 3.71. The standard InChI is InChI=1S/C16H20ClNO4/c1-16(2,3)22-15(21)18-12(7-8-13(18)14(19)20)10-5-4-6-11(17)9-10/h4-6,9,12-13H,7-8H2,1-3H3,(H,19,20)/t12-,13+/m0/s1. The number of aliphatic carboxylic acids is 1. The summed E-state index contributed by atoms with van der Waals surface area (Å²) < 4.78 is 5.37. The molecule has 1 heterocycles. The number of ether oxygens (including phenoxy) is 1. The van der Waals surface area contributed by atoms with Gasteiger partial charge in [0.15, 0.2) is 0 Å². The van der Waals surface area contributed by atoms with Gasteiger partial charge >= 0.3 is 12.1 Å². The number of nitrogens with zero attached hydrogens (tertiary/aromatic N) is 1. The quantitative estimate of drug-likeness (QED) is 0.896. The SMILES string of the molecule is CC(C)(C)OC(=O)N1[C@@H](C(=O)O)CC[C@H]1c1cccc(Cl)c1. The molecule has 5 nitrogen and oxygen atoms in total. The number of carboxylic acid groups (broad SMARTS) is 1. The van der Waals surface area contributed by atoms with Gasteiger partial charge in [-0.15, -0.1) is 0 Å². The minimum absolute atomic E-state index is 0.338. The van der Waals surface area contributed by atoms with E-state index in [4.69, 9.17) is 16.3 Å². The summed E-state index contributed by atoms with van der Waals surface area (Å²) in [5.74, 6) is -1.02. The van der Waals surface area contributed by atoms with Gasteiger partial charge < -0.3 is 9.84 Å². The maximum atomic E-state index is 12.5. The molecule has 1 aliphatic heterocycles. The highest BCUT2D eigenvalue weighted by atomic mass is 35.5. The van der Waals surface area contributed by atoms with Crippen molar-refractivity contribution in [2.45, 2.75) is 51.3 Å². The summed E-state index contributed by atoms with van der Waals surface area (Å²) in [7, 11) is 0. The zero-order chi connectivity index (χ0) is 16.5. The molecule has 6 heteroatoms. The molecule has 0 radical (unpaired) electrons. The molecule has 120 valence electrons. The highest BCUT2D eigenvalue weighted by Gasteiger charge is 2.43. The van der Waals surface area contributed by atoms with E-state index >= 15 is 0 Å². The second kappa shape index (κ2) is 6.16. The number of likely N-dealkylation sites (tertiary alicyclic amines) is 1. The molecule has 0 saturated carbocycles. The first kappa shape index (κ1) is 16.6. The average Bonchev–Trinajstić information content (AvgIpc) is 2.81. The molecule has 0 spiro atoms. The maximum absolute atomic E-state index is 12.5. The third-order valence-electron chi connectivity index (χ3n) is 3.51. The van der Waals surface area contributed by atoms with E-state index in [2.05, 4.69) is 0 Å². The smallest absolute Gasteiger partial charge is 0.411 e. The monoisotopic (exact) mass is 325 g/mol. The number of hydrogen-bond acceptors (Lipinski definition) is 3. The van der Waals surface area contributed by atoms with Crippen molar-refractivity contribution in [3.63, 3.8) is 0 Å². The zero-order valence-electron chi connectivity index (χ0n) is 12.9. The minimum Gasteiger partial charge on any atom is -0.480 e. The number of carbonyl (C=O) groups excluding carboxylic acids is 1. The third-order valence-corrected chi connectivity index (χ3v) is 3.74. The minimum atomic E-state index is -1.02. The summed E-state index contributed by atoms with van der Waals surface area (Å²) in [5.41, 5.74) is 0.142. The largest absolute Gasteiger partial charge is 0.480 e. The average molecular weight is 326 g/mol. The van der Waals surface area contributed by atoms with Gasteiger partial charge in [0, 0.05) is 5.02 Å². The van der Waals surface area contributed by atoms with E-state index in [1.807, 2.05) is 6.07 Å². The first-order valence-electron chi connectivity index (χ1n) is 7.18. The number of benzene rings is 1. The van der Waals surface area contributed by atoms with E-state index < -0.39 is 23.7 Å². The van der Waals surface area contributed by atoms with Crippen LogP contribution in [-0.4, -0.2) is 33.7 Å². The van der Waals surface area contributed by atoms with Gasteiger partial charge in [0.1, 0.15) is 11.6 Å². The van der Waals surface area contributed by atoms with E-state index in [1.54, 1.807) is 39.0 Å². The van der Waals surface area contributed by atoms with Gasteiger partial charge in [0.2, 0.25) is 0 Å². The van der Waals surface area contributed by atoms with Crippen molar-refractivity contribution >= 4 is 23.7 Å². The van der Waals surface area contributed by atoms with E-state index in [1.165, 1.54) is 4.90 Å². The Morgan fingerprint density at radius 2 is 2.00 bits per heavy atom. The van der Waals surface area contributed by atoms with Crippen LogP contribution in [-0.2, 0) is 9.53 Å². The van der Waals surface area contributed by atoms with Crippen molar-refractivity contribution in [2.75, 3.05) is 0 Å². The number of rotatable bonds is 2. The molecule has 1 fully saturated rings. The number of amides is 1. The predicted octanol–water partition coefficient (Wildman–Crippen LogP) is 3.87. The molecule has 0 aliphatic carbocycles. The van der Waals surface area contributed by atoms with E-state index in [-0.39, 0.29) is 6.04 Å².